The molecule has 0 radical (unpaired) electrons. The monoisotopic (exact) mass is 349 g/mol. The van der Waals surface area contributed by atoms with E-state index in [1.807, 2.05) is 7.05 Å². The van der Waals surface area contributed by atoms with Crippen molar-refractivity contribution in [1.29, 1.82) is 0 Å². The van der Waals surface area contributed by atoms with Gasteiger partial charge in [0, 0.05) is 59.1 Å². The summed E-state index contributed by atoms with van der Waals surface area (Å²) in [4.78, 5) is 8.91. The minimum atomic E-state index is 0.763. The Labute approximate surface area is 153 Å². The summed E-state index contributed by atoms with van der Waals surface area (Å²) >= 11 is 0. The molecule has 1 aromatic carbocycles. The maximum atomic E-state index is 5.08. The number of nitrogens with one attached hydrogen (secondary N) is 2. The first-order valence-electron chi connectivity index (χ1n) is 9.13. The van der Waals surface area contributed by atoms with Crippen molar-refractivity contribution >= 4 is 11.6 Å². The molecule has 0 spiro atoms. The van der Waals surface area contributed by atoms with Crippen LogP contribution in [0, 0.1) is 0 Å². The summed E-state index contributed by atoms with van der Waals surface area (Å²) in [5.74, 6) is 0.864. The van der Waals surface area contributed by atoms with Crippen molar-refractivity contribution in [3.8, 4) is 0 Å². The van der Waals surface area contributed by atoms with E-state index in [-0.39, 0.29) is 0 Å². The Kier molecular flexibility index (Phi) is 11.5. The van der Waals surface area contributed by atoms with Crippen molar-refractivity contribution in [2.45, 2.75) is 13.3 Å². The Hall–Kier alpha value is -1.79. The van der Waals surface area contributed by atoms with Crippen LogP contribution in [-0.2, 0) is 4.74 Å². The van der Waals surface area contributed by atoms with Crippen LogP contribution in [-0.4, -0.2) is 77.9 Å². The number of likely N-dealkylation sites (N-methyl/N-ethyl adjacent to an activating group) is 1. The minimum absolute atomic E-state index is 0.763. The number of hydrogen-bond donors (Lipinski definition) is 2. The highest BCUT2D eigenvalue weighted by Gasteiger charge is 2.04. The molecule has 1 rings (SSSR count). The number of nitrogens with zero attached hydrogens (tertiary/aromatic N) is 3. The van der Waals surface area contributed by atoms with Crippen molar-refractivity contribution in [3.63, 3.8) is 0 Å². The molecule has 0 saturated carbocycles. The first-order valence-corrected chi connectivity index (χ1v) is 9.13. The largest absolute Gasteiger partial charge is 0.383 e. The van der Waals surface area contributed by atoms with Gasteiger partial charge in [-0.3, -0.25) is 4.99 Å². The maximum absolute atomic E-state index is 5.08. The molecule has 0 aliphatic carbocycles. The normalized spacial score (nSPS) is 11.6. The van der Waals surface area contributed by atoms with Gasteiger partial charge in [0.1, 0.15) is 0 Å². The number of guanidine groups is 1. The minimum Gasteiger partial charge on any atom is -0.383 e. The van der Waals surface area contributed by atoms with Crippen molar-refractivity contribution in [2.24, 2.45) is 4.99 Å². The zero-order valence-corrected chi connectivity index (χ0v) is 16.3. The van der Waals surface area contributed by atoms with Gasteiger partial charge in [0.15, 0.2) is 5.96 Å². The highest BCUT2D eigenvalue weighted by Crippen LogP contribution is 2.12. The number of methoxy groups -OCH3 is 1. The molecule has 0 bridgehead atoms. The van der Waals surface area contributed by atoms with Crippen LogP contribution in [0.5, 0.6) is 0 Å². The Morgan fingerprint density at radius 3 is 2.44 bits per heavy atom. The second kappa shape index (κ2) is 13.5. The van der Waals surface area contributed by atoms with E-state index >= 15 is 0 Å². The van der Waals surface area contributed by atoms with Gasteiger partial charge in [0.05, 0.1) is 6.61 Å². The summed E-state index contributed by atoms with van der Waals surface area (Å²) in [6, 6.07) is 10.6. The highest BCUT2D eigenvalue weighted by molar-refractivity contribution is 5.79. The van der Waals surface area contributed by atoms with Crippen LogP contribution >= 0.6 is 0 Å². The molecular weight excluding hydrogens is 314 g/mol. The molecule has 0 unspecified atom stereocenters. The van der Waals surface area contributed by atoms with E-state index in [1.54, 1.807) is 7.11 Å². The lowest BCUT2D eigenvalue weighted by molar-refractivity contribution is 0.162. The van der Waals surface area contributed by atoms with E-state index in [9.17, 15) is 0 Å². The first kappa shape index (κ1) is 21.3. The van der Waals surface area contributed by atoms with E-state index in [1.165, 1.54) is 5.69 Å². The molecule has 0 fully saturated rings. The molecule has 6 heteroatoms. The van der Waals surface area contributed by atoms with E-state index in [2.05, 4.69) is 69.7 Å². The van der Waals surface area contributed by atoms with Gasteiger partial charge in [-0.05, 0) is 32.5 Å². The third kappa shape index (κ3) is 9.31. The van der Waals surface area contributed by atoms with Gasteiger partial charge in [-0.25, -0.2) is 0 Å². The fraction of sp³-hybridized carbons (Fsp3) is 0.632. The summed E-state index contributed by atoms with van der Waals surface area (Å²) in [7, 11) is 5.64. The molecule has 6 nitrogen and oxygen atoms in total. The number of benzene rings is 1. The zero-order valence-electron chi connectivity index (χ0n) is 16.3. The summed E-state index contributed by atoms with van der Waals surface area (Å²) in [6.07, 6.45) is 1.07. The lowest BCUT2D eigenvalue weighted by Crippen LogP contribution is -2.42. The molecule has 0 amide bonds. The van der Waals surface area contributed by atoms with Gasteiger partial charge in [-0.1, -0.05) is 18.2 Å². The second-order valence-electron chi connectivity index (χ2n) is 5.99. The number of aliphatic imine (C=N–C) groups is 1. The van der Waals surface area contributed by atoms with Crippen molar-refractivity contribution in [3.05, 3.63) is 30.3 Å². The van der Waals surface area contributed by atoms with Crippen LogP contribution in [0.1, 0.15) is 13.3 Å². The molecule has 142 valence electrons. The van der Waals surface area contributed by atoms with Gasteiger partial charge in [0.2, 0.25) is 0 Å². The molecule has 0 aromatic heterocycles. The molecule has 0 atom stereocenters. The predicted molar refractivity (Wildman–Crippen MR) is 108 cm³/mol. The molecule has 25 heavy (non-hydrogen) atoms. The first-order chi connectivity index (χ1) is 12.2. The maximum Gasteiger partial charge on any atom is 0.191 e. The van der Waals surface area contributed by atoms with Gasteiger partial charge in [-0.2, -0.15) is 0 Å². The Bertz CT molecular complexity index is 466. The molecule has 2 N–H and O–H groups in total. The number of anilines is 1. The zero-order chi connectivity index (χ0) is 18.3. The summed E-state index contributed by atoms with van der Waals surface area (Å²) < 4.78 is 5.08. The van der Waals surface area contributed by atoms with Crippen molar-refractivity contribution < 1.29 is 4.74 Å². The summed E-state index contributed by atoms with van der Waals surface area (Å²) in [5, 5.41) is 6.74. The topological polar surface area (TPSA) is 52.1 Å². The third-order valence-electron chi connectivity index (χ3n) is 4.09. The fourth-order valence-corrected chi connectivity index (χ4v) is 2.53. The van der Waals surface area contributed by atoms with Crippen LogP contribution in [0.2, 0.25) is 0 Å². The van der Waals surface area contributed by atoms with Crippen molar-refractivity contribution in [2.75, 3.05) is 72.0 Å². The third-order valence-corrected chi connectivity index (χ3v) is 4.09. The van der Waals surface area contributed by atoms with Crippen molar-refractivity contribution in [1.82, 2.24) is 15.5 Å². The second-order valence-corrected chi connectivity index (χ2v) is 5.99. The van der Waals surface area contributed by atoms with E-state index < -0.39 is 0 Å². The summed E-state index contributed by atoms with van der Waals surface area (Å²) in [5.41, 5.74) is 1.28. The Balaban J connectivity index is 2.20. The standard InChI is InChI=1S/C19H35N5O/c1-5-24(18-10-7-6-8-11-18)14-9-12-21-19(20-2)22-13-15-23(3)16-17-25-4/h6-8,10-11H,5,9,12-17H2,1-4H3,(H2,20,21,22). The fourth-order valence-electron chi connectivity index (χ4n) is 2.53. The van der Waals surface area contributed by atoms with E-state index in [0.717, 1.165) is 58.3 Å². The smallest absolute Gasteiger partial charge is 0.191 e. The van der Waals surface area contributed by atoms with Gasteiger partial charge >= 0.3 is 0 Å². The molecule has 1 aromatic rings. The average Bonchev–Trinajstić information content (AvgIpc) is 2.65. The predicted octanol–water partition coefficient (Wildman–Crippen LogP) is 1.65. The SMILES string of the molecule is CCN(CCCNC(=NC)NCCN(C)CCOC)c1ccccc1. The highest BCUT2D eigenvalue weighted by atomic mass is 16.5. The number of rotatable bonds is 12. The van der Waals surface area contributed by atoms with Crippen LogP contribution in [0.15, 0.2) is 35.3 Å². The lowest BCUT2D eigenvalue weighted by atomic mass is 10.2. The molecule has 0 heterocycles. The van der Waals surface area contributed by atoms with Gasteiger partial charge < -0.3 is 25.2 Å². The average molecular weight is 350 g/mol. The number of ether oxygens (including phenoxy) is 1. The number of hydrogen-bond acceptors (Lipinski definition) is 4. The number of para-hydroxylation sites is 1. The Morgan fingerprint density at radius 2 is 1.80 bits per heavy atom. The molecule has 0 aliphatic heterocycles. The van der Waals surface area contributed by atoms with Gasteiger partial charge in [-0.15, -0.1) is 0 Å². The lowest BCUT2D eigenvalue weighted by Gasteiger charge is -2.23. The van der Waals surface area contributed by atoms with Crippen LogP contribution in [0.3, 0.4) is 0 Å². The van der Waals surface area contributed by atoms with E-state index in [0.29, 0.717) is 0 Å². The Morgan fingerprint density at radius 1 is 1.08 bits per heavy atom. The molecule has 0 aliphatic rings. The van der Waals surface area contributed by atoms with Crippen LogP contribution in [0.4, 0.5) is 5.69 Å². The quantitative estimate of drug-likeness (QED) is 0.341. The van der Waals surface area contributed by atoms with Crippen LogP contribution < -0.4 is 15.5 Å². The molecule has 0 saturated heterocycles. The van der Waals surface area contributed by atoms with Gasteiger partial charge in [0.25, 0.3) is 0 Å². The molecular formula is C19H35N5O. The van der Waals surface area contributed by atoms with E-state index in [4.69, 9.17) is 4.74 Å². The van der Waals surface area contributed by atoms with Crippen LogP contribution in [0.25, 0.3) is 0 Å². The summed E-state index contributed by atoms with van der Waals surface area (Å²) in [6.45, 7) is 8.68.